The van der Waals surface area contributed by atoms with Crippen molar-refractivity contribution in [1.82, 2.24) is 9.88 Å². The molecule has 0 radical (unpaired) electrons. The third kappa shape index (κ3) is 3.26. The zero-order valence-electron chi connectivity index (χ0n) is 15.7. The second-order valence-corrected chi connectivity index (χ2v) is 7.43. The number of piperidine rings is 3. The highest BCUT2D eigenvalue weighted by molar-refractivity contribution is 5.84. The van der Waals surface area contributed by atoms with E-state index in [0.29, 0.717) is 11.8 Å². The van der Waals surface area contributed by atoms with Crippen LogP contribution in [0.5, 0.6) is 5.75 Å². The van der Waals surface area contributed by atoms with Crippen LogP contribution < -0.4 is 4.74 Å². The molecule has 3 fully saturated rings. The van der Waals surface area contributed by atoms with E-state index < -0.39 is 0 Å². The van der Waals surface area contributed by atoms with Gasteiger partial charge in [0.25, 0.3) is 0 Å². The van der Waals surface area contributed by atoms with E-state index in [-0.39, 0.29) is 18.1 Å². The number of benzene rings is 1. The Hall–Kier alpha value is -2.58. The van der Waals surface area contributed by atoms with Crippen molar-refractivity contribution in [3.05, 3.63) is 36.0 Å². The Labute approximate surface area is 159 Å². The van der Waals surface area contributed by atoms with Crippen molar-refractivity contribution in [3.63, 3.8) is 0 Å². The molecule has 5 atom stereocenters. The van der Waals surface area contributed by atoms with Crippen LogP contribution in [0.2, 0.25) is 0 Å². The first kappa shape index (κ1) is 17.8. The van der Waals surface area contributed by atoms with Crippen LogP contribution in [0.4, 0.5) is 0 Å². The van der Waals surface area contributed by atoms with Crippen LogP contribution >= 0.6 is 0 Å². The molecule has 2 bridgehead atoms. The molecule has 0 amide bonds. The molecule has 0 spiro atoms. The Morgan fingerprint density at radius 1 is 1.41 bits per heavy atom. The van der Waals surface area contributed by atoms with Gasteiger partial charge < -0.3 is 9.47 Å². The number of nitrogens with zero attached hydrogens (tertiary/aromatic N) is 2. The Morgan fingerprint density at radius 2 is 2.26 bits per heavy atom. The van der Waals surface area contributed by atoms with E-state index >= 15 is 0 Å². The maximum Gasteiger partial charge on any atom is 0.303 e. The maximum atomic E-state index is 11.9. The largest absolute Gasteiger partial charge is 0.497 e. The molecule has 27 heavy (non-hydrogen) atoms. The van der Waals surface area contributed by atoms with Gasteiger partial charge in [0.05, 0.1) is 18.7 Å². The van der Waals surface area contributed by atoms with E-state index in [2.05, 4.69) is 15.8 Å². The van der Waals surface area contributed by atoms with Gasteiger partial charge in [0.2, 0.25) is 0 Å². The van der Waals surface area contributed by atoms with Crippen molar-refractivity contribution >= 4 is 16.9 Å². The lowest BCUT2D eigenvalue weighted by molar-refractivity contribution is -0.154. The van der Waals surface area contributed by atoms with Crippen molar-refractivity contribution in [2.24, 2.45) is 11.8 Å². The van der Waals surface area contributed by atoms with Gasteiger partial charge in [-0.3, -0.25) is 14.7 Å². The monoisotopic (exact) mass is 364 g/mol. The lowest BCUT2D eigenvalue weighted by atomic mass is 9.74. The third-order valence-corrected chi connectivity index (χ3v) is 5.95. The number of aromatic nitrogens is 1. The second kappa shape index (κ2) is 7.21. The molecule has 140 valence electrons. The Morgan fingerprint density at radius 3 is 2.93 bits per heavy atom. The van der Waals surface area contributed by atoms with E-state index in [0.717, 1.165) is 48.1 Å². The number of esters is 1. The molecule has 5 nitrogen and oxygen atoms in total. The number of carbonyl (C=O) groups is 1. The van der Waals surface area contributed by atoms with Crippen LogP contribution in [-0.4, -0.2) is 42.1 Å². The van der Waals surface area contributed by atoms with E-state index in [1.807, 2.05) is 24.3 Å². The van der Waals surface area contributed by atoms with Gasteiger partial charge in [0.15, 0.2) is 0 Å². The SMILES string of the molecule is C#C[C@H]1CN2CC[C@H]1C[C@@H]2[C@H](OC(C)=O)c1ccnc2ccc(OC)cc12. The minimum Gasteiger partial charge on any atom is -0.497 e. The van der Waals surface area contributed by atoms with Crippen molar-refractivity contribution in [2.75, 3.05) is 20.2 Å². The number of rotatable bonds is 4. The number of hydrogen-bond donors (Lipinski definition) is 0. The lowest BCUT2D eigenvalue weighted by Crippen LogP contribution is -2.55. The van der Waals surface area contributed by atoms with Crippen molar-refractivity contribution in [1.29, 1.82) is 0 Å². The molecule has 3 aliphatic heterocycles. The van der Waals surface area contributed by atoms with E-state index in [1.54, 1.807) is 13.3 Å². The van der Waals surface area contributed by atoms with Crippen molar-refractivity contribution < 1.29 is 14.3 Å². The number of fused-ring (bicyclic) bond motifs is 4. The van der Waals surface area contributed by atoms with Gasteiger partial charge in [-0.2, -0.15) is 0 Å². The molecule has 4 heterocycles. The van der Waals surface area contributed by atoms with Crippen molar-refractivity contribution in [3.8, 4) is 18.1 Å². The highest BCUT2D eigenvalue weighted by Gasteiger charge is 2.44. The fourth-order valence-corrected chi connectivity index (χ4v) is 4.62. The summed E-state index contributed by atoms with van der Waals surface area (Å²) < 4.78 is 11.3. The smallest absolute Gasteiger partial charge is 0.303 e. The third-order valence-electron chi connectivity index (χ3n) is 5.95. The second-order valence-electron chi connectivity index (χ2n) is 7.43. The summed E-state index contributed by atoms with van der Waals surface area (Å²) in [5.41, 5.74) is 1.84. The zero-order valence-corrected chi connectivity index (χ0v) is 15.7. The van der Waals surface area contributed by atoms with Gasteiger partial charge in [-0.25, -0.2) is 0 Å². The van der Waals surface area contributed by atoms with E-state index in [4.69, 9.17) is 15.9 Å². The van der Waals surface area contributed by atoms with Crippen LogP contribution in [0.3, 0.4) is 0 Å². The molecule has 1 unspecified atom stereocenters. The summed E-state index contributed by atoms with van der Waals surface area (Å²) in [6, 6.07) is 7.88. The molecule has 0 N–H and O–H groups in total. The Kier molecular flexibility index (Phi) is 4.75. The quantitative estimate of drug-likeness (QED) is 0.616. The number of hydrogen-bond acceptors (Lipinski definition) is 5. The fraction of sp³-hybridized carbons (Fsp3) is 0.455. The molecule has 1 aromatic carbocycles. The van der Waals surface area contributed by atoms with Crippen molar-refractivity contribution in [2.45, 2.75) is 31.9 Å². The van der Waals surface area contributed by atoms with Crippen LogP contribution in [0.15, 0.2) is 30.5 Å². The van der Waals surface area contributed by atoms with Gasteiger partial charge in [-0.15, -0.1) is 12.3 Å². The highest BCUT2D eigenvalue weighted by Crippen LogP contribution is 2.43. The first-order valence-electron chi connectivity index (χ1n) is 9.40. The van der Waals surface area contributed by atoms with Gasteiger partial charge in [-0.1, -0.05) is 0 Å². The number of methoxy groups -OCH3 is 1. The highest BCUT2D eigenvalue weighted by atomic mass is 16.5. The standard InChI is InChI=1S/C22H24N2O3/c1-4-15-13-24-10-8-16(15)11-21(24)22(27-14(2)25)18-7-9-23-20-6-5-17(26-3)12-19(18)20/h1,5-7,9,12,15-16,21-22H,8,10-11,13H2,2-3H3/t15-,16-,21+,22+/m0/s1. The summed E-state index contributed by atoms with van der Waals surface area (Å²) in [6.07, 6.45) is 9.22. The van der Waals surface area contributed by atoms with Gasteiger partial charge in [0, 0.05) is 36.5 Å². The lowest BCUT2D eigenvalue weighted by Gasteiger charge is -2.50. The molecule has 2 aromatic rings. The molecular weight excluding hydrogens is 340 g/mol. The normalized spacial score (nSPS) is 27.7. The first-order chi connectivity index (χ1) is 13.1. The molecular formula is C22H24N2O3. The number of carbonyl (C=O) groups excluding carboxylic acids is 1. The zero-order chi connectivity index (χ0) is 19.0. The topological polar surface area (TPSA) is 51.7 Å². The first-order valence-corrected chi connectivity index (χ1v) is 9.40. The van der Waals surface area contributed by atoms with Gasteiger partial charge >= 0.3 is 5.97 Å². The Bertz CT molecular complexity index is 904. The molecule has 0 saturated carbocycles. The average molecular weight is 364 g/mol. The number of ether oxygens (including phenoxy) is 2. The molecule has 3 saturated heterocycles. The number of terminal acetylenes is 1. The van der Waals surface area contributed by atoms with E-state index in [9.17, 15) is 4.79 Å². The summed E-state index contributed by atoms with van der Waals surface area (Å²) in [5, 5.41) is 0.958. The summed E-state index contributed by atoms with van der Waals surface area (Å²) in [5.74, 6) is 4.22. The van der Waals surface area contributed by atoms with Crippen LogP contribution in [-0.2, 0) is 9.53 Å². The average Bonchev–Trinajstić information content (AvgIpc) is 2.71. The predicted molar refractivity (Wildman–Crippen MR) is 103 cm³/mol. The minimum absolute atomic E-state index is 0.133. The van der Waals surface area contributed by atoms with Crippen LogP contribution in [0.1, 0.15) is 31.4 Å². The Balaban J connectivity index is 1.77. The summed E-state index contributed by atoms with van der Waals surface area (Å²) >= 11 is 0. The maximum absolute atomic E-state index is 11.9. The van der Waals surface area contributed by atoms with Crippen LogP contribution in [0.25, 0.3) is 10.9 Å². The molecule has 0 aliphatic carbocycles. The summed E-state index contributed by atoms with van der Waals surface area (Å²) in [4.78, 5) is 18.8. The van der Waals surface area contributed by atoms with Crippen LogP contribution in [0, 0.1) is 24.2 Å². The fourth-order valence-electron chi connectivity index (χ4n) is 4.62. The number of pyridine rings is 1. The predicted octanol–water partition coefficient (Wildman–Crippen LogP) is 3.19. The molecule has 5 heteroatoms. The summed E-state index contributed by atoms with van der Waals surface area (Å²) in [7, 11) is 1.65. The molecule has 1 aromatic heterocycles. The molecule has 3 aliphatic rings. The minimum atomic E-state index is -0.346. The van der Waals surface area contributed by atoms with E-state index in [1.165, 1.54) is 6.92 Å². The van der Waals surface area contributed by atoms with Gasteiger partial charge in [0.1, 0.15) is 11.9 Å². The summed E-state index contributed by atoms with van der Waals surface area (Å²) in [6.45, 7) is 3.34. The molecule has 5 rings (SSSR count). The van der Waals surface area contributed by atoms with Gasteiger partial charge in [-0.05, 0) is 49.6 Å².